The van der Waals surface area contributed by atoms with Crippen molar-refractivity contribution in [1.82, 2.24) is 20.2 Å². The van der Waals surface area contributed by atoms with Crippen LogP contribution in [-0.4, -0.2) is 33.2 Å². The van der Waals surface area contributed by atoms with Gasteiger partial charge in [-0.15, -0.1) is 0 Å². The largest absolute Gasteiger partial charge is 0.464 e. The zero-order valence-corrected chi connectivity index (χ0v) is 8.89. The smallest absolute Gasteiger partial charge is 0.356 e. The number of carbonyl (C=O) groups excluding carboxylic acids is 1. The number of H-pyrrole nitrogens is 1. The molecule has 0 aromatic carbocycles. The molecule has 0 aliphatic heterocycles. The zero-order chi connectivity index (χ0) is 11.5. The molecule has 1 N–H and O–H groups in total. The fraction of sp³-hybridized carbons (Fsp3) is 0.200. The van der Waals surface area contributed by atoms with Crippen LogP contribution in [-0.2, 0) is 4.74 Å². The Morgan fingerprint density at radius 3 is 2.75 bits per heavy atom. The van der Waals surface area contributed by atoms with Crippen LogP contribution in [0.1, 0.15) is 16.2 Å². The van der Waals surface area contributed by atoms with Crippen molar-refractivity contribution in [3.05, 3.63) is 29.8 Å². The van der Waals surface area contributed by atoms with E-state index in [1.165, 1.54) is 7.11 Å². The number of aromatic nitrogens is 4. The van der Waals surface area contributed by atoms with Gasteiger partial charge in [-0.05, 0) is 6.92 Å². The van der Waals surface area contributed by atoms with Gasteiger partial charge in [-0.3, -0.25) is 15.1 Å². The molecule has 0 amide bonds. The van der Waals surface area contributed by atoms with Crippen LogP contribution in [0, 0.1) is 6.92 Å². The molecular formula is C10H10N4O2. The first kappa shape index (κ1) is 10.3. The van der Waals surface area contributed by atoms with Gasteiger partial charge in [0.25, 0.3) is 0 Å². The molecule has 0 saturated carbocycles. The summed E-state index contributed by atoms with van der Waals surface area (Å²) < 4.78 is 4.56. The van der Waals surface area contributed by atoms with Crippen molar-refractivity contribution in [2.75, 3.05) is 7.11 Å². The van der Waals surface area contributed by atoms with Crippen LogP contribution in [0.25, 0.3) is 11.4 Å². The summed E-state index contributed by atoms with van der Waals surface area (Å²) in [5.41, 5.74) is 2.29. The molecule has 0 unspecified atom stereocenters. The minimum Gasteiger partial charge on any atom is -0.464 e. The van der Waals surface area contributed by atoms with Crippen molar-refractivity contribution in [3.63, 3.8) is 0 Å². The molecule has 16 heavy (non-hydrogen) atoms. The number of nitrogens with zero attached hydrogens (tertiary/aromatic N) is 3. The van der Waals surface area contributed by atoms with Crippen LogP contribution >= 0.6 is 0 Å². The summed E-state index contributed by atoms with van der Waals surface area (Å²) in [5, 5.41) is 6.53. The Kier molecular flexibility index (Phi) is 2.63. The molecule has 82 valence electrons. The minimum absolute atomic E-state index is 0.292. The van der Waals surface area contributed by atoms with E-state index in [2.05, 4.69) is 24.9 Å². The average Bonchev–Trinajstić information content (AvgIpc) is 2.78. The fourth-order valence-electron chi connectivity index (χ4n) is 1.19. The van der Waals surface area contributed by atoms with Gasteiger partial charge in [0.15, 0.2) is 0 Å². The molecule has 0 radical (unpaired) electrons. The number of esters is 1. The summed E-state index contributed by atoms with van der Waals surface area (Å²) in [6, 6.07) is 1.57. The van der Waals surface area contributed by atoms with E-state index < -0.39 is 5.97 Å². The Labute approximate surface area is 91.7 Å². The second kappa shape index (κ2) is 4.09. The third kappa shape index (κ3) is 1.90. The quantitative estimate of drug-likeness (QED) is 0.759. The summed E-state index contributed by atoms with van der Waals surface area (Å²) in [6.45, 7) is 1.85. The summed E-state index contributed by atoms with van der Waals surface area (Å²) in [4.78, 5) is 19.4. The molecule has 2 heterocycles. The van der Waals surface area contributed by atoms with Gasteiger partial charge in [0.05, 0.1) is 19.0 Å². The van der Waals surface area contributed by atoms with Crippen LogP contribution < -0.4 is 0 Å². The molecule has 6 nitrogen and oxygen atoms in total. The van der Waals surface area contributed by atoms with Gasteiger partial charge in [0, 0.05) is 12.3 Å². The van der Waals surface area contributed by atoms with Crippen LogP contribution in [0.4, 0.5) is 0 Å². The predicted octanol–water partition coefficient (Wildman–Crippen LogP) is 0.962. The van der Waals surface area contributed by atoms with E-state index in [1.807, 2.05) is 6.92 Å². The average molecular weight is 218 g/mol. The molecule has 2 rings (SSSR count). The Bertz CT molecular complexity index is 504. The summed E-state index contributed by atoms with van der Waals surface area (Å²) in [7, 11) is 1.31. The van der Waals surface area contributed by atoms with Gasteiger partial charge in [0.1, 0.15) is 17.1 Å². The van der Waals surface area contributed by atoms with Gasteiger partial charge in [-0.25, -0.2) is 4.79 Å². The highest BCUT2D eigenvalue weighted by Crippen LogP contribution is 2.14. The molecule has 6 heteroatoms. The molecule has 0 atom stereocenters. The molecular weight excluding hydrogens is 208 g/mol. The van der Waals surface area contributed by atoms with Gasteiger partial charge < -0.3 is 4.74 Å². The molecule has 0 aliphatic carbocycles. The second-order valence-electron chi connectivity index (χ2n) is 3.20. The second-order valence-corrected chi connectivity index (χ2v) is 3.20. The van der Waals surface area contributed by atoms with E-state index in [-0.39, 0.29) is 0 Å². The Hall–Kier alpha value is -2.24. The van der Waals surface area contributed by atoms with Gasteiger partial charge in [0.2, 0.25) is 0 Å². The lowest BCUT2D eigenvalue weighted by atomic mass is 10.3. The first-order valence-electron chi connectivity index (χ1n) is 4.63. The molecule has 0 bridgehead atoms. The number of rotatable bonds is 2. The van der Waals surface area contributed by atoms with Gasteiger partial charge >= 0.3 is 5.97 Å². The number of carbonyl (C=O) groups is 1. The number of aryl methyl sites for hydroxylation is 1. The summed E-state index contributed by atoms with van der Waals surface area (Å²) in [6.07, 6.45) is 3.24. The van der Waals surface area contributed by atoms with E-state index in [4.69, 9.17) is 0 Å². The third-order valence-electron chi connectivity index (χ3n) is 2.03. The lowest BCUT2D eigenvalue weighted by Gasteiger charge is -1.94. The van der Waals surface area contributed by atoms with E-state index in [9.17, 15) is 4.79 Å². The van der Waals surface area contributed by atoms with Gasteiger partial charge in [-0.2, -0.15) is 5.10 Å². The highest BCUT2D eigenvalue weighted by molar-refractivity contribution is 5.88. The highest BCUT2D eigenvalue weighted by atomic mass is 16.5. The Balaban J connectivity index is 2.31. The molecule has 0 aliphatic rings. The number of aromatic amines is 1. The number of hydrogen-bond donors (Lipinski definition) is 1. The SMILES string of the molecule is COC(=O)c1cc(-c2cnc(C)cn2)n[nH]1. The summed E-state index contributed by atoms with van der Waals surface area (Å²) >= 11 is 0. The molecule has 2 aromatic heterocycles. The Morgan fingerprint density at radius 1 is 1.31 bits per heavy atom. The first-order chi connectivity index (χ1) is 7.70. The van der Waals surface area contributed by atoms with Crippen LogP contribution in [0.2, 0.25) is 0 Å². The number of nitrogens with one attached hydrogen (secondary N) is 1. The van der Waals surface area contributed by atoms with Crippen molar-refractivity contribution in [1.29, 1.82) is 0 Å². The summed E-state index contributed by atoms with van der Waals surface area (Å²) in [5.74, 6) is -0.459. The molecule has 2 aromatic rings. The van der Waals surface area contributed by atoms with E-state index in [0.717, 1.165) is 5.69 Å². The number of methoxy groups -OCH3 is 1. The molecule has 0 fully saturated rings. The van der Waals surface area contributed by atoms with Crippen molar-refractivity contribution < 1.29 is 9.53 Å². The van der Waals surface area contributed by atoms with E-state index in [1.54, 1.807) is 18.5 Å². The minimum atomic E-state index is -0.459. The molecule has 0 spiro atoms. The van der Waals surface area contributed by atoms with Crippen molar-refractivity contribution in [3.8, 4) is 11.4 Å². The fourth-order valence-corrected chi connectivity index (χ4v) is 1.19. The van der Waals surface area contributed by atoms with Crippen LogP contribution in [0.3, 0.4) is 0 Å². The highest BCUT2D eigenvalue weighted by Gasteiger charge is 2.11. The maximum Gasteiger partial charge on any atom is 0.356 e. The van der Waals surface area contributed by atoms with Crippen molar-refractivity contribution in [2.24, 2.45) is 0 Å². The standard InChI is InChI=1S/C10H10N4O2/c1-6-4-12-9(5-11-6)7-3-8(14-13-7)10(15)16-2/h3-5H,1-2H3,(H,13,14). The Morgan fingerprint density at radius 2 is 2.12 bits per heavy atom. The normalized spacial score (nSPS) is 10.1. The topological polar surface area (TPSA) is 80.8 Å². The number of hydrogen-bond acceptors (Lipinski definition) is 5. The maximum absolute atomic E-state index is 11.2. The van der Waals surface area contributed by atoms with Crippen LogP contribution in [0.15, 0.2) is 18.5 Å². The number of ether oxygens (including phenoxy) is 1. The monoisotopic (exact) mass is 218 g/mol. The lowest BCUT2D eigenvalue weighted by molar-refractivity contribution is 0.0594. The van der Waals surface area contributed by atoms with E-state index in [0.29, 0.717) is 17.1 Å². The lowest BCUT2D eigenvalue weighted by Crippen LogP contribution is -2.00. The van der Waals surface area contributed by atoms with Crippen LogP contribution in [0.5, 0.6) is 0 Å². The molecule has 0 saturated heterocycles. The van der Waals surface area contributed by atoms with Crippen molar-refractivity contribution in [2.45, 2.75) is 6.92 Å². The van der Waals surface area contributed by atoms with E-state index >= 15 is 0 Å². The third-order valence-corrected chi connectivity index (χ3v) is 2.03. The van der Waals surface area contributed by atoms with Crippen molar-refractivity contribution >= 4 is 5.97 Å². The first-order valence-corrected chi connectivity index (χ1v) is 4.63. The maximum atomic E-state index is 11.2. The predicted molar refractivity (Wildman–Crippen MR) is 55.7 cm³/mol. The van der Waals surface area contributed by atoms with Gasteiger partial charge in [-0.1, -0.05) is 0 Å². The zero-order valence-electron chi connectivity index (χ0n) is 8.89.